The zero-order chi connectivity index (χ0) is 8.81. The molecule has 0 aromatic heterocycles. The molecular weight excluding hydrogens is 156 g/mol. The first-order chi connectivity index (χ1) is 5.83. The molecule has 0 aromatic rings. The van der Waals surface area contributed by atoms with Crippen molar-refractivity contribution in [2.24, 2.45) is 0 Å². The Bertz CT molecular complexity index is 110. The normalized spacial score (nSPS) is 28.5. The van der Waals surface area contributed by atoms with Gasteiger partial charge in [0.2, 0.25) is 0 Å². The van der Waals surface area contributed by atoms with E-state index in [0.29, 0.717) is 13.2 Å². The fraction of sp³-hybridized carbons (Fsp3) is 1.00. The van der Waals surface area contributed by atoms with Gasteiger partial charge in [-0.3, -0.25) is 0 Å². The number of rotatable bonds is 6. The first kappa shape index (κ1) is 9.96. The van der Waals surface area contributed by atoms with E-state index >= 15 is 0 Å². The van der Waals surface area contributed by atoms with E-state index in [0.717, 1.165) is 25.9 Å². The van der Waals surface area contributed by atoms with Crippen LogP contribution in [-0.2, 0) is 9.47 Å². The predicted octanol–water partition coefficient (Wildman–Crippen LogP) is 0.953. The van der Waals surface area contributed by atoms with Gasteiger partial charge in [0.05, 0.1) is 25.4 Å². The van der Waals surface area contributed by atoms with Crippen molar-refractivity contribution in [1.82, 2.24) is 0 Å². The lowest BCUT2D eigenvalue weighted by Crippen LogP contribution is -2.36. The Hall–Kier alpha value is -0.120. The first-order valence-electron chi connectivity index (χ1n) is 4.70. The minimum atomic E-state index is -0.119. The van der Waals surface area contributed by atoms with Gasteiger partial charge < -0.3 is 14.6 Å². The van der Waals surface area contributed by atoms with E-state index in [1.54, 1.807) is 0 Å². The van der Waals surface area contributed by atoms with Crippen molar-refractivity contribution in [2.75, 3.05) is 19.8 Å². The third kappa shape index (κ3) is 3.52. The highest BCUT2D eigenvalue weighted by Crippen LogP contribution is 2.22. The van der Waals surface area contributed by atoms with Gasteiger partial charge in [0.15, 0.2) is 0 Å². The summed E-state index contributed by atoms with van der Waals surface area (Å²) in [7, 11) is 0. The van der Waals surface area contributed by atoms with Crippen molar-refractivity contribution in [3.05, 3.63) is 0 Å². The molecule has 1 aliphatic carbocycles. The second-order valence-corrected chi connectivity index (χ2v) is 3.23. The van der Waals surface area contributed by atoms with Crippen LogP contribution < -0.4 is 0 Å². The molecule has 3 heteroatoms. The van der Waals surface area contributed by atoms with Crippen LogP contribution in [0.2, 0.25) is 0 Å². The summed E-state index contributed by atoms with van der Waals surface area (Å²) in [5.74, 6) is 0. The predicted molar refractivity (Wildman–Crippen MR) is 46.1 cm³/mol. The molecule has 1 rings (SSSR count). The molecule has 12 heavy (non-hydrogen) atoms. The van der Waals surface area contributed by atoms with Gasteiger partial charge in [-0.05, 0) is 19.3 Å². The summed E-state index contributed by atoms with van der Waals surface area (Å²) in [6.07, 6.45) is 2.82. The van der Waals surface area contributed by atoms with Crippen LogP contribution in [0.5, 0.6) is 0 Å². The van der Waals surface area contributed by atoms with Crippen molar-refractivity contribution < 1.29 is 14.6 Å². The first-order valence-corrected chi connectivity index (χ1v) is 4.70. The van der Waals surface area contributed by atoms with Crippen molar-refractivity contribution in [1.29, 1.82) is 0 Å². The molecule has 1 aliphatic rings. The summed E-state index contributed by atoms with van der Waals surface area (Å²) in [4.78, 5) is 0. The maximum atomic E-state index is 8.95. The Balaban J connectivity index is 1.77. The van der Waals surface area contributed by atoms with E-state index in [-0.39, 0.29) is 12.2 Å². The van der Waals surface area contributed by atoms with E-state index < -0.39 is 0 Å². The second kappa shape index (κ2) is 5.51. The van der Waals surface area contributed by atoms with Crippen molar-refractivity contribution >= 4 is 0 Å². The molecule has 0 amide bonds. The molecule has 0 atom stereocenters. The molecule has 1 N–H and O–H groups in total. The van der Waals surface area contributed by atoms with E-state index in [1.165, 1.54) is 0 Å². The summed E-state index contributed by atoms with van der Waals surface area (Å²) < 4.78 is 10.7. The van der Waals surface area contributed by atoms with E-state index in [9.17, 15) is 0 Å². The maximum absolute atomic E-state index is 8.95. The highest BCUT2D eigenvalue weighted by molar-refractivity contribution is 4.78. The monoisotopic (exact) mass is 174 g/mol. The van der Waals surface area contributed by atoms with Crippen LogP contribution in [0.25, 0.3) is 0 Å². The highest BCUT2D eigenvalue weighted by atomic mass is 16.5. The fourth-order valence-corrected chi connectivity index (χ4v) is 1.19. The molecule has 1 saturated carbocycles. The van der Waals surface area contributed by atoms with Gasteiger partial charge in [0.1, 0.15) is 0 Å². The second-order valence-electron chi connectivity index (χ2n) is 3.23. The van der Waals surface area contributed by atoms with Gasteiger partial charge in [0.25, 0.3) is 0 Å². The molecule has 0 radical (unpaired) electrons. The van der Waals surface area contributed by atoms with Crippen molar-refractivity contribution in [3.63, 3.8) is 0 Å². The molecular formula is C9H18O3. The average molecular weight is 174 g/mol. The van der Waals surface area contributed by atoms with Crippen LogP contribution in [0.3, 0.4) is 0 Å². The largest absolute Gasteiger partial charge is 0.393 e. The standard InChI is InChI=1S/C9H18O3/c1-2-3-11-4-5-12-9-6-8(10)7-9/h8-10H,2-7H2,1H3. The molecule has 72 valence electrons. The summed E-state index contributed by atoms with van der Waals surface area (Å²) in [6.45, 7) is 4.25. The Kier molecular flexibility index (Phi) is 4.58. The Labute approximate surface area is 73.7 Å². The molecule has 3 nitrogen and oxygen atoms in total. The molecule has 0 unspecified atom stereocenters. The van der Waals surface area contributed by atoms with Crippen LogP contribution in [0.15, 0.2) is 0 Å². The zero-order valence-corrected chi connectivity index (χ0v) is 7.66. The van der Waals surface area contributed by atoms with Gasteiger partial charge >= 0.3 is 0 Å². The topological polar surface area (TPSA) is 38.7 Å². The number of aliphatic hydroxyl groups is 1. The summed E-state index contributed by atoms with van der Waals surface area (Å²) in [6, 6.07) is 0. The summed E-state index contributed by atoms with van der Waals surface area (Å²) in [5, 5.41) is 8.95. The van der Waals surface area contributed by atoms with Crippen LogP contribution in [0, 0.1) is 0 Å². The molecule has 1 fully saturated rings. The molecule has 0 aliphatic heterocycles. The molecule has 0 heterocycles. The van der Waals surface area contributed by atoms with Gasteiger partial charge in [-0.15, -0.1) is 0 Å². The minimum Gasteiger partial charge on any atom is -0.393 e. The lowest BCUT2D eigenvalue weighted by Gasteiger charge is -2.31. The van der Waals surface area contributed by atoms with Crippen LogP contribution in [-0.4, -0.2) is 37.1 Å². The fourth-order valence-electron chi connectivity index (χ4n) is 1.19. The summed E-state index contributed by atoms with van der Waals surface area (Å²) in [5.41, 5.74) is 0. The van der Waals surface area contributed by atoms with Gasteiger partial charge in [-0.25, -0.2) is 0 Å². The SMILES string of the molecule is CCCOCCOC1CC(O)C1. The summed E-state index contributed by atoms with van der Waals surface area (Å²) >= 11 is 0. The lowest BCUT2D eigenvalue weighted by atomic mass is 9.92. The number of hydrogen-bond donors (Lipinski definition) is 1. The average Bonchev–Trinajstić information content (AvgIpc) is 2.00. The van der Waals surface area contributed by atoms with Gasteiger partial charge in [-0.1, -0.05) is 6.92 Å². The minimum absolute atomic E-state index is 0.119. The van der Waals surface area contributed by atoms with E-state index in [4.69, 9.17) is 14.6 Å². The Morgan fingerprint density at radius 3 is 2.58 bits per heavy atom. The number of aliphatic hydroxyl groups excluding tert-OH is 1. The van der Waals surface area contributed by atoms with Crippen molar-refractivity contribution in [2.45, 2.75) is 38.4 Å². The molecule has 0 saturated heterocycles. The van der Waals surface area contributed by atoms with E-state index in [1.807, 2.05) is 0 Å². The highest BCUT2D eigenvalue weighted by Gasteiger charge is 2.27. The molecule has 0 bridgehead atoms. The number of ether oxygens (including phenoxy) is 2. The van der Waals surface area contributed by atoms with E-state index in [2.05, 4.69) is 6.92 Å². The Morgan fingerprint density at radius 1 is 1.25 bits per heavy atom. The molecule has 0 aromatic carbocycles. The van der Waals surface area contributed by atoms with Crippen LogP contribution in [0.4, 0.5) is 0 Å². The third-order valence-corrected chi connectivity index (χ3v) is 2.00. The van der Waals surface area contributed by atoms with Crippen LogP contribution >= 0.6 is 0 Å². The number of hydrogen-bond acceptors (Lipinski definition) is 3. The van der Waals surface area contributed by atoms with Crippen LogP contribution in [0.1, 0.15) is 26.2 Å². The zero-order valence-electron chi connectivity index (χ0n) is 7.66. The molecule has 0 spiro atoms. The van der Waals surface area contributed by atoms with Gasteiger partial charge in [0, 0.05) is 6.61 Å². The smallest absolute Gasteiger partial charge is 0.0704 e. The Morgan fingerprint density at radius 2 is 2.00 bits per heavy atom. The third-order valence-electron chi connectivity index (χ3n) is 2.00. The lowest BCUT2D eigenvalue weighted by molar-refractivity contribution is -0.0836. The quantitative estimate of drug-likeness (QED) is 0.609. The van der Waals surface area contributed by atoms with Crippen molar-refractivity contribution in [3.8, 4) is 0 Å². The maximum Gasteiger partial charge on any atom is 0.0704 e. The van der Waals surface area contributed by atoms with Gasteiger partial charge in [-0.2, -0.15) is 0 Å².